The molecule has 0 bridgehead atoms. The van der Waals surface area contributed by atoms with Gasteiger partial charge in [-0.15, -0.1) is 0 Å². The van der Waals surface area contributed by atoms with Crippen LogP contribution < -0.4 is 9.80 Å². The fourth-order valence-electron chi connectivity index (χ4n) is 12.4. The van der Waals surface area contributed by atoms with Gasteiger partial charge in [0.05, 0.1) is 46.2 Å². The number of hydrogen-bond donors (Lipinski definition) is 0. The Bertz CT molecular complexity index is 2540. The normalized spacial score (nSPS) is 26.0. The average molecular weight is 1140 g/mol. The van der Waals surface area contributed by atoms with E-state index in [1.54, 1.807) is 33.8 Å². The molecule has 2 saturated carbocycles. The lowest BCUT2D eigenvalue weighted by atomic mass is 9.82. The van der Waals surface area contributed by atoms with Crippen LogP contribution in [0.3, 0.4) is 0 Å². The van der Waals surface area contributed by atoms with Crippen LogP contribution in [0.25, 0.3) is 0 Å². The van der Waals surface area contributed by atoms with E-state index in [-0.39, 0.29) is 57.9 Å². The summed E-state index contributed by atoms with van der Waals surface area (Å²) in [7, 11) is 0. The molecule has 2 atom stereocenters. The van der Waals surface area contributed by atoms with E-state index in [1.165, 1.54) is 19.1 Å². The molecule has 74 heavy (non-hydrogen) atoms. The molecule has 3 aliphatic heterocycles. The summed E-state index contributed by atoms with van der Waals surface area (Å²) in [5, 5.41) is 10.5. The number of amides is 2. The lowest BCUT2D eigenvalue weighted by molar-refractivity contribution is -0.143. The first-order valence-electron chi connectivity index (χ1n) is 25.6. The lowest BCUT2D eigenvalue weighted by Gasteiger charge is -2.44. The molecule has 0 aromatic heterocycles. The van der Waals surface area contributed by atoms with Gasteiger partial charge in [-0.1, -0.05) is 15.9 Å². The number of rotatable bonds is 14. The fourth-order valence-corrected chi connectivity index (χ4v) is 13.9. The predicted octanol–water partition coefficient (Wildman–Crippen LogP) is 11.2. The smallest absolute Gasteiger partial charge is 0.388 e. The average Bonchev–Trinajstić information content (AvgIpc) is 3.62. The summed E-state index contributed by atoms with van der Waals surface area (Å²) < 4.78 is 91.5. The van der Waals surface area contributed by atoms with Crippen molar-refractivity contribution in [1.29, 1.82) is 5.26 Å². The summed E-state index contributed by atoms with van der Waals surface area (Å²) >= 11 is 15.1. The molecule has 21 heteroatoms. The second kappa shape index (κ2) is 22.4. The summed E-state index contributed by atoms with van der Waals surface area (Å²) in [6.07, 6.45) is 0.970. The van der Waals surface area contributed by atoms with Gasteiger partial charge in [0, 0.05) is 42.6 Å². The fraction of sp³-hybridized carbons (Fsp3) is 0.642. The Balaban J connectivity index is 0.902. The van der Waals surface area contributed by atoms with Gasteiger partial charge in [-0.25, -0.2) is 4.79 Å². The molecule has 2 aromatic carbocycles. The predicted molar refractivity (Wildman–Crippen MR) is 281 cm³/mol. The summed E-state index contributed by atoms with van der Waals surface area (Å²) in [5.74, 6) is -2.33. The third kappa shape index (κ3) is 11.5. The Labute approximate surface area is 449 Å². The molecule has 2 aromatic rings. The van der Waals surface area contributed by atoms with Crippen molar-refractivity contribution in [3.8, 4) is 6.07 Å². The lowest BCUT2D eigenvalue weighted by Crippen LogP contribution is -2.58. The van der Waals surface area contributed by atoms with Crippen LogP contribution in [-0.4, -0.2) is 120 Å². The van der Waals surface area contributed by atoms with Gasteiger partial charge in [0.1, 0.15) is 11.1 Å². The van der Waals surface area contributed by atoms with Gasteiger partial charge in [0.15, 0.2) is 10.2 Å². The monoisotopic (exact) mass is 1140 g/mol. The van der Waals surface area contributed by atoms with Crippen LogP contribution in [-0.2, 0) is 31.5 Å². The van der Waals surface area contributed by atoms with Crippen molar-refractivity contribution >= 4 is 85.7 Å². The zero-order valence-electron chi connectivity index (χ0n) is 43.0. The van der Waals surface area contributed by atoms with Crippen LogP contribution in [0.1, 0.15) is 151 Å². The molecule has 3 saturated heterocycles. The number of nitrogens with zero attached hydrogens (tertiary/aromatic N) is 7. The van der Waals surface area contributed by atoms with Crippen molar-refractivity contribution < 1.29 is 50.3 Å². The largest absolute Gasteiger partial charge is 0.417 e. The van der Waals surface area contributed by atoms with Crippen LogP contribution in [0.2, 0.25) is 0 Å². The van der Waals surface area contributed by atoms with Crippen molar-refractivity contribution in [2.75, 3.05) is 41.3 Å². The Kier molecular flexibility index (Phi) is 17.4. The molecule has 5 aliphatic rings. The highest BCUT2D eigenvalue weighted by Gasteiger charge is 2.55. The highest BCUT2D eigenvalue weighted by Crippen LogP contribution is 2.45. The standard InChI is InChI=1S/C53H66BrF6N7O5S2/c1-31-28-62(25-9-11-35-14-19-37(20-15-35)66-48(73)64(46(70)50(66,4)5)39-21-16-36(27-61)41(26-39)52(55,56)57)29-32(2)63(31)30-43(68)72-45(69)40-22-23-42(33(3)44(40)53(58,59)60)65-47(71)51(6,7)67(49(65)74)38-17-12-34(13-18-38)10-8-24-54/h16,21-23,26,31-32,34-35,37-38H,8-15,17-20,24-25,28-30H2,1-7H3/t31-,32+,34?,35?,37?,38?. The number of esters is 2. The van der Waals surface area contributed by atoms with Crippen molar-refractivity contribution in [2.45, 2.75) is 173 Å². The number of alkyl halides is 7. The Hall–Kier alpha value is -4.23. The van der Waals surface area contributed by atoms with Crippen LogP contribution in [0, 0.1) is 30.1 Å². The summed E-state index contributed by atoms with van der Waals surface area (Å²) in [6.45, 7) is 13.7. The minimum atomic E-state index is -5.04. The molecule has 0 N–H and O–H groups in total. The first-order valence-corrected chi connectivity index (χ1v) is 27.5. The maximum Gasteiger partial charge on any atom is 0.417 e. The molecule has 5 fully saturated rings. The molecular weight excluding hydrogens is 1070 g/mol. The topological polar surface area (TPSA) is 121 Å². The Morgan fingerprint density at radius 2 is 1.28 bits per heavy atom. The van der Waals surface area contributed by atoms with Crippen molar-refractivity contribution in [1.82, 2.24) is 19.6 Å². The zero-order chi connectivity index (χ0) is 54.4. The Morgan fingerprint density at radius 1 is 0.770 bits per heavy atom. The summed E-state index contributed by atoms with van der Waals surface area (Å²) in [5.41, 5.74) is -6.50. The van der Waals surface area contributed by atoms with Gasteiger partial charge in [0.25, 0.3) is 11.8 Å². The number of halogens is 7. The number of piperazine rings is 1. The number of anilines is 2. The second-order valence-corrected chi connectivity index (χ2v) is 23.4. The number of nitriles is 1. The zero-order valence-corrected chi connectivity index (χ0v) is 46.2. The highest BCUT2D eigenvalue weighted by molar-refractivity contribution is 9.09. The first kappa shape index (κ1) is 57.5. The van der Waals surface area contributed by atoms with Crippen LogP contribution >= 0.6 is 40.4 Å². The number of ether oxygens (including phenoxy) is 1. The van der Waals surface area contributed by atoms with E-state index >= 15 is 0 Å². The van der Waals surface area contributed by atoms with Crippen LogP contribution in [0.4, 0.5) is 37.7 Å². The highest BCUT2D eigenvalue weighted by atomic mass is 79.9. The van der Waals surface area contributed by atoms with E-state index in [0.29, 0.717) is 24.9 Å². The molecule has 12 nitrogen and oxygen atoms in total. The minimum absolute atomic E-state index is 0.0325. The Morgan fingerprint density at radius 3 is 1.78 bits per heavy atom. The van der Waals surface area contributed by atoms with E-state index in [4.69, 9.17) is 29.2 Å². The third-order valence-corrected chi connectivity index (χ3v) is 17.5. The summed E-state index contributed by atoms with van der Waals surface area (Å²) in [4.78, 5) is 64.8. The van der Waals surface area contributed by atoms with Crippen molar-refractivity contribution in [3.05, 3.63) is 58.1 Å². The minimum Gasteiger partial charge on any atom is -0.388 e. The van der Waals surface area contributed by atoms with E-state index < -0.39 is 69.4 Å². The second-order valence-electron chi connectivity index (χ2n) is 21.9. The number of thiocarbonyl (C=S) groups is 2. The van der Waals surface area contributed by atoms with Crippen molar-refractivity contribution in [3.63, 3.8) is 0 Å². The van der Waals surface area contributed by atoms with Gasteiger partial charge in [0.2, 0.25) is 0 Å². The van der Waals surface area contributed by atoms with E-state index in [1.807, 2.05) is 28.5 Å². The number of carbonyl (C=O) groups excluding carboxylic acids is 4. The first-order chi connectivity index (χ1) is 34.6. The van der Waals surface area contributed by atoms with Gasteiger partial charge >= 0.3 is 24.3 Å². The molecule has 3 heterocycles. The molecule has 7 rings (SSSR count). The third-order valence-electron chi connectivity index (χ3n) is 16.2. The van der Waals surface area contributed by atoms with Gasteiger partial charge < -0.3 is 19.4 Å². The van der Waals surface area contributed by atoms with Gasteiger partial charge in [-0.3, -0.25) is 29.1 Å². The van der Waals surface area contributed by atoms with E-state index in [9.17, 15) is 50.8 Å². The van der Waals surface area contributed by atoms with Crippen LogP contribution in [0.5, 0.6) is 0 Å². The molecule has 0 spiro atoms. The molecule has 0 radical (unpaired) electrons. The molecule has 404 valence electrons. The number of benzene rings is 2. The summed E-state index contributed by atoms with van der Waals surface area (Å²) in [6, 6.07) is 6.54. The molecular formula is C53H66BrF6N7O5S2. The SMILES string of the molecule is Cc1c(N2C(=O)C(C)(C)N(C3CCC(CCCBr)CC3)C2=S)ccc(C(=O)OC(=O)CN2[C@H](C)CN(CCCC3CCC(N4C(=S)N(c5ccc(C#N)c(C(F)(F)F)c5)C(=O)C4(C)C)CC3)C[C@@H]2C)c1C(F)(F)F. The van der Waals surface area contributed by atoms with Gasteiger partial charge in [-0.2, -0.15) is 31.6 Å². The number of hydrogen-bond acceptors (Lipinski definition) is 10. The van der Waals surface area contributed by atoms with Gasteiger partial charge in [-0.05, 0) is 204 Å². The van der Waals surface area contributed by atoms with E-state index in [2.05, 4.69) is 20.8 Å². The molecule has 0 unspecified atom stereocenters. The molecule has 2 aliphatic carbocycles. The maximum atomic E-state index is 15.0. The van der Waals surface area contributed by atoms with E-state index in [0.717, 1.165) is 117 Å². The quantitative estimate of drug-likeness (QED) is 0.0589. The maximum absolute atomic E-state index is 15.0. The van der Waals surface area contributed by atoms with Crippen molar-refractivity contribution in [2.24, 2.45) is 11.8 Å². The van der Waals surface area contributed by atoms with Crippen LogP contribution in [0.15, 0.2) is 30.3 Å². The number of carbonyl (C=O) groups is 4. The molecule has 2 amide bonds.